The number of guanidine groups is 1. The smallest absolute Gasteiger partial charge is 0.203 e. The molecule has 1 aliphatic rings. The maximum Gasteiger partial charge on any atom is 0.203 e. The lowest BCUT2D eigenvalue weighted by Gasteiger charge is -2.15. The molecule has 1 heterocycles. The van der Waals surface area contributed by atoms with E-state index in [1.165, 1.54) is 4.31 Å². The van der Waals surface area contributed by atoms with E-state index < -0.39 is 6.67 Å². The van der Waals surface area contributed by atoms with Crippen molar-refractivity contribution in [2.45, 2.75) is 0 Å². The van der Waals surface area contributed by atoms with Gasteiger partial charge in [0.15, 0.2) is 0 Å². The maximum atomic E-state index is 11.8. The molecule has 0 saturated carbocycles. The zero-order valence-electron chi connectivity index (χ0n) is 5.55. The third kappa shape index (κ3) is 1.34. The molecule has 1 aliphatic heterocycles. The van der Waals surface area contributed by atoms with E-state index >= 15 is 0 Å². The quantitative estimate of drug-likeness (QED) is 0.575. The SMILES string of the molecule is N=C1N(S)CCN1CCF. The first-order chi connectivity index (χ1) is 4.75. The lowest BCUT2D eigenvalue weighted by atomic mass is 10.6. The number of halogens is 1. The lowest BCUT2D eigenvalue weighted by Crippen LogP contribution is -2.29. The molecule has 1 saturated heterocycles. The fourth-order valence-corrected chi connectivity index (χ4v) is 1.13. The van der Waals surface area contributed by atoms with Gasteiger partial charge in [0.05, 0.1) is 0 Å². The predicted molar refractivity (Wildman–Crippen MR) is 41.0 cm³/mol. The van der Waals surface area contributed by atoms with Crippen molar-refractivity contribution in [3.63, 3.8) is 0 Å². The monoisotopic (exact) mass is 163 g/mol. The van der Waals surface area contributed by atoms with E-state index in [1.54, 1.807) is 4.90 Å². The Hall–Kier alpha value is -0.450. The number of thiol groups is 1. The first-order valence-corrected chi connectivity index (χ1v) is 3.51. The average molecular weight is 163 g/mol. The van der Waals surface area contributed by atoms with Gasteiger partial charge in [0.25, 0.3) is 0 Å². The van der Waals surface area contributed by atoms with Crippen LogP contribution >= 0.6 is 12.8 Å². The molecule has 0 unspecified atom stereocenters. The Balaban J connectivity index is 2.41. The molecule has 58 valence electrons. The first-order valence-electron chi connectivity index (χ1n) is 3.11. The van der Waals surface area contributed by atoms with Gasteiger partial charge in [0.2, 0.25) is 5.96 Å². The van der Waals surface area contributed by atoms with Crippen LogP contribution in [0.1, 0.15) is 0 Å². The van der Waals surface area contributed by atoms with E-state index in [-0.39, 0.29) is 0 Å². The number of alkyl halides is 1. The minimum Gasteiger partial charge on any atom is -0.338 e. The highest BCUT2D eigenvalue weighted by atomic mass is 32.1. The average Bonchev–Trinajstić information content (AvgIpc) is 2.20. The van der Waals surface area contributed by atoms with Crippen molar-refractivity contribution in [3.05, 3.63) is 0 Å². The van der Waals surface area contributed by atoms with Crippen LogP contribution in [0.5, 0.6) is 0 Å². The van der Waals surface area contributed by atoms with Gasteiger partial charge in [-0.2, -0.15) is 0 Å². The normalized spacial score (nSPS) is 18.8. The van der Waals surface area contributed by atoms with Crippen LogP contribution in [0.2, 0.25) is 0 Å². The third-order valence-electron chi connectivity index (χ3n) is 1.48. The van der Waals surface area contributed by atoms with Crippen LogP contribution in [0.4, 0.5) is 4.39 Å². The molecule has 0 radical (unpaired) electrons. The van der Waals surface area contributed by atoms with Gasteiger partial charge >= 0.3 is 0 Å². The number of hydrogen-bond acceptors (Lipinski definition) is 2. The standard InChI is InChI=1S/C5H10FN3S/c6-1-2-8-3-4-9(10)5(8)7/h7,10H,1-4H2. The topological polar surface area (TPSA) is 30.3 Å². The second-order valence-electron chi connectivity index (χ2n) is 2.12. The second kappa shape index (κ2) is 3.09. The summed E-state index contributed by atoms with van der Waals surface area (Å²) in [7, 11) is 0. The molecule has 1 rings (SSSR count). The van der Waals surface area contributed by atoms with Crippen molar-refractivity contribution in [2.24, 2.45) is 0 Å². The summed E-state index contributed by atoms with van der Waals surface area (Å²) in [6.45, 7) is 1.34. The van der Waals surface area contributed by atoms with Crippen LogP contribution in [-0.2, 0) is 0 Å². The molecule has 0 aromatic carbocycles. The van der Waals surface area contributed by atoms with Gasteiger partial charge in [0.1, 0.15) is 6.67 Å². The molecule has 0 spiro atoms. The largest absolute Gasteiger partial charge is 0.338 e. The van der Waals surface area contributed by atoms with Gasteiger partial charge in [-0.3, -0.25) is 9.71 Å². The number of nitrogens with one attached hydrogen (secondary N) is 1. The van der Waals surface area contributed by atoms with Crippen molar-refractivity contribution in [1.82, 2.24) is 9.21 Å². The van der Waals surface area contributed by atoms with Crippen molar-refractivity contribution >= 4 is 18.8 Å². The molecule has 1 fully saturated rings. The summed E-state index contributed by atoms with van der Waals surface area (Å²) in [6.07, 6.45) is 0. The molecule has 0 atom stereocenters. The summed E-state index contributed by atoms with van der Waals surface area (Å²) in [4.78, 5) is 1.66. The highest BCUT2D eigenvalue weighted by molar-refractivity contribution is 7.78. The highest BCUT2D eigenvalue weighted by Gasteiger charge is 2.21. The predicted octanol–water partition coefficient (Wildman–Crippen LogP) is 0.353. The molecule has 10 heavy (non-hydrogen) atoms. The molecular formula is C5H10FN3S. The lowest BCUT2D eigenvalue weighted by molar-refractivity contribution is 0.376. The van der Waals surface area contributed by atoms with Gasteiger partial charge in [-0.05, 0) is 0 Å². The van der Waals surface area contributed by atoms with Crippen molar-refractivity contribution in [2.75, 3.05) is 26.3 Å². The van der Waals surface area contributed by atoms with Gasteiger partial charge in [-0.1, -0.05) is 12.8 Å². The van der Waals surface area contributed by atoms with Crippen molar-refractivity contribution < 1.29 is 4.39 Å². The number of hydrogen-bond donors (Lipinski definition) is 2. The molecular weight excluding hydrogens is 153 g/mol. The Morgan fingerprint density at radius 2 is 2.30 bits per heavy atom. The Morgan fingerprint density at radius 1 is 1.60 bits per heavy atom. The van der Waals surface area contributed by atoms with Crippen LogP contribution in [0.3, 0.4) is 0 Å². The summed E-state index contributed by atoms with van der Waals surface area (Å²) in [6, 6.07) is 0. The van der Waals surface area contributed by atoms with E-state index in [2.05, 4.69) is 12.8 Å². The van der Waals surface area contributed by atoms with E-state index in [0.717, 1.165) is 0 Å². The highest BCUT2D eigenvalue weighted by Crippen LogP contribution is 2.08. The summed E-state index contributed by atoms with van der Waals surface area (Å²) < 4.78 is 13.3. The van der Waals surface area contributed by atoms with Crippen LogP contribution in [0, 0.1) is 5.41 Å². The molecule has 0 aromatic rings. The molecule has 5 heteroatoms. The van der Waals surface area contributed by atoms with E-state index in [1.807, 2.05) is 0 Å². The first kappa shape index (κ1) is 7.65. The second-order valence-corrected chi connectivity index (χ2v) is 2.61. The van der Waals surface area contributed by atoms with E-state index in [4.69, 9.17) is 5.41 Å². The van der Waals surface area contributed by atoms with Crippen molar-refractivity contribution in [3.8, 4) is 0 Å². The summed E-state index contributed by atoms with van der Waals surface area (Å²) >= 11 is 3.98. The fraction of sp³-hybridized carbons (Fsp3) is 0.800. The van der Waals surface area contributed by atoms with E-state index in [9.17, 15) is 4.39 Å². The minimum atomic E-state index is -0.399. The number of nitrogens with zero attached hydrogens (tertiary/aromatic N) is 2. The minimum absolute atomic E-state index is 0.306. The van der Waals surface area contributed by atoms with Gasteiger partial charge < -0.3 is 4.90 Å². The third-order valence-corrected chi connectivity index (χ3v) is 1.87. The van der Waals surface area contributed by atoms with Crippen LogP contribution in [0.15, 0.2) is 0 Å². The Morgan fingerprint density at radius 3 is 2.70 bits per heavy atom. The van der Waals surface area contributed by atoms with Crippen molar-refractivity contribution in [1.29, 1.82) is 5.41 Å². The Kier molecular flexibility index (Phi) is 2.37. The molecule has 3 nitrogen and oxygen atoms in total. The maximum absolute atomic E-state index is 11.8. The summed E-state index contributed by atoms with van der Waals surface area (Å²) in [5.41, 5.74) is 0. The van der Waals surface area contributed by atoms with Crippen LogP contribution in [0.25, 0.3) is 0 Å². The van der Waals surface area contributed by atoms with Gasteiger partial charge in [-0.15, -0.1) is 0 Å². The number of rotatable bonds is 2. The summed E-state index contributed by atoms with van der Waals surface area (Å²) in [5.74, 6) is 0.306. The molecule has 0 aliphatic carbocycles. The Bertz CT molecular complexity index is 139. The molecule has 0 amide bonds. The molecule has 0 bridgehead atoms. The fourth-order valence-electron chi connectivity index (χ4n) is 0.910. The summed E-state index contributed by atoms with van der Waals surface area (Å²) in [5, 5.41) is 7.32. The zero-order valence-corrected chi connectivity index (χ0v) is 6.44. The van der Waals surface area contributed by atoms with Crippen LogP contribution in [-0.4, -0.2) is 41.5 Å². The van der Waals surface area contributed by atoms with Gasteiger partial charge in [0, 0.05) is 19.6 Å². The Labute approximate surface area is 64.9 Å². The molecule has 1 N–H and O–H groups in total. The molecule has 0 aromatic heterocycles. The van der Waals surface area contributed by atoms with Crippen LogP contribution < -0.4 is 0 Å². The van der Waals surface area contributed by atoms with E-state index in [0.29, 0.717) is 25.6 Å². The van der Waals surface area contributed by atoms with Gasteiger partial charge in [-0.25, -0.2) is 4.39 Å². The zero-order chi connectivity index (χ0) is 7.56.